The number of aromatic nitrogens is 7. The molecular formula is C27H20FN7OS. The molecule has 0 saturated heterocycles. The van der Waals surface area contributed by atoms with E-state index in [-0.39, 0.29) is 18.0 Å². The van der Waals surface area contributed by atoms with Crippen LogP contribution in [-0.2, 0) is 13.5 Å². The standard InChI is InChI=1S/C27H20FN7OS/c1-16-29-24(18-8-10-19(28)11-9-18)26(34(16)2)21-12-13-23-30-20(15-35(23)32-21)14-22(36)27-25(31-33-37-27)17-6-4-3-5-7-17/h3-13,15H,14H2,1-2H3. The van der Waals surface area contributed by atoms with Crippen molar-refractivity contribution in [2.75, 3.05) is 0 Å². The van der Waals surface area contributed by atoms with Gasteiger partial charge in [-0.05, 0) is 54.9 Å². The molecule has 0 aliphatic heterocycles. The van der Waals surface area contributed by atoms with Crippen LogP contribution in [0.3, 0.4) is 0 Å². The van der Waals surface area contributed by atoms with E-state index in [4.69, 9.17) is 10.1 Å². The Kier molecular flexibility index (Phi) is 5.65. The lowest BCUT2D eigenvalue weighted by Gasteiger charge is -2.07. The van der Waals surface area contributed by atoms with Crippen molar-refractivity contribution in [3.63, 3.8) is 0 Å². The van der Waals surface area contributed by atoms with Crippen LogP contribution in [0.15, 0.2) is 72.9 Å². The molecule has 0 N–H and O–H groups in total. The number of fused-ring (bicyclic) bond motifs is 1. The fraction of sp³-hybridized carbons (Fsp3) is 0.111. The summed E-state index contributed by atoms with van der Waals surface area (Å²) >= 11 is 1.09. The van der Waals surface area contributed by atoms with E-state index in [2.05, 4.69) is 14.6 Å². The number of aryl methyl sites for hydroxylation is 1. The quantitative estimate of drug-likeness (QED) is 0.287. The van der Waals surface area contributed by atoms with Crippen molar-refractivity contribution < 1.29 is 9.18 Å². The van der Waals surface area contributed by atoms with E-state index >= 15 is 0 Å². The molecule has 0 aliphatic rings. The van der Waals surface area contributed by atoms with E-state index in [1.807, 2.05) is 61.0 Å². The maximum absolute atomic E-state index is 13.5. The predicted molar refractivity (Wildman–Crippen MR) is 139 cm³/mol. The van der Waals surface area contributed by atoms with Gasteiger partial charge in [-0.3, -0.25) is 4.79 Å². The summed E-state index contributed by atoms with van der Waals surface area (Å²) in [6, 6.07) is 19.5. The molecule has 0 amide bonds. The predicted octanol–water partition coefficient (Wildman–Crippen LogP) is 5.19. The van der Waals surface area contributed by atoms with Crippen LogP contribution in [0.5, 0.6) is 0 Å². The van der Waals surface area contributed by atoms with Gasteiger partial charge >= 0.3 is 0 Å². The number of benzene rings is 2. The molecule has 8 nitrogen and oxygen atoms in total. The lowest BCUT2D eigenvalue weighted by atomic mass is 10.1. The van der Waals surface area contributed by atoms with Crippen molar-refractivity contribution in [1.29, 1.82) is 0 Å². The van der Waals surface area contributed by atoms with Crippen molar-refractivity contribution in [2.24, 2.45) is 7.05 Å². The molecular weight excluding hydrogens is 489 g/mol. The van der Waals surface area contributed by atoms with E-state index < -0.39 is 0 Å². The Morgan fingerprint density at radius 1 is 0.946 bits per heavy atom. The monoisotopic (exact) mass is 509 g/mol. The Morgan fingerprint density at radius 3 is 2.49 bits per heavy atom. The maximum Gasteiger partial charge on any atom is 0.182 e. The number of nitrogens with zero attached hydrogens (tertiary/aromatic N) is 7. The highest BCUT2D eigenvalue weighted by molar-refractivity contribution is 7.08. The van der Waals surface area contributed by atoms with Crippen molar-refractivity contribution in [3.05, 3.63) is 95.1 Å². The molecule has 0 aliphatic carbocycles. The zero-order valence-electron chi connectivity index (χ0n) is 20.0. The summed E-state index contributed by atoms with van der Waals surface area (Å²) in [6.45, 7) is 1.91. The summed E-state index contributed by atoms with van der Waals surface area (Å²) in [7, 11) is 1.92. The third-order valence-corrected chi connectivity index (χ3v) is 6.95. The minimum absolute atomic E-state index is 0.0988. The first kappa shape index (κ1) is 22.9. The molecule has 0 bridgehead atoms. The molecule has 0 unspecified atom stereocenters. The first-order valence-corrected chi connectivity index (χ1v) is 12.3. The average Bonchev–Trinajstić information content (AvgIpc) is 3.62. The second-order valence-electron chi connectivity index (χ2n) is 8.59. The molecule has 4 heterocycles. The number of ketones is 1. The Labute approximate surface area is 215 Å². The Balaban J connectivity index is 1.33. The number of hydrogen-bond acceptors (Lipinski definition) is 7. The molecule has 0 spiro atoms. The van der Waals surface area contributed by atoms with Crippen LogP contribution in [0.2, 0.25) is 0 Å². The SMILES string of the molecule is Cc1nc(-c2ccc(F)cc2)c(-c2ccc3nc(CC(=O)c4snnc4-c4ccccc4)cn3n2)n1C. The molecule has 182 valence electrons. The van der Waals surface area contributed by atoms with Gasteiger partial charge in [0.05, 0.1) is 29.7 Å². The van der Waals surface area contributed by atoms with E-state index in [0.29, 0.717) is 33.3 Å². The van der Waals surface area contributed by atoms with Gasteiger partial charge in [0.1, 0.15) is 27.9 Å². The van der Waals surface area contributed by atoms with Crippen LogP contribution in [0.25, 0.3) is 39.5 Å². The molecule has 6 rings (SSSR count). The van der Waals surface area contributed by atoms with Gasteiger partial charge in [0, 0.05) is 18.2 Å². The van der Waals surface area contributed by atoms with Crippen LogP contribution < -0.4 is 0 Å². The van der Waals surface area contributed by atoms with Crippen LogP contribution in [-0.4, -0.2) is 39.5 Å². The smallest absolute Gasteiger partial charge is 0.182 e. The minimum atomic E-state index is -0.303. The summed E-state index contributed by atoms with van der Waals surface area (Å²) in [5.41, 5.74) is 5.66. The Hall–Kier alpha value is -4.57. The van der Waals surface area contributed by atoms with Gasteiger partial charge in [0.25, 0.3) is 0 Å². The van der Waals surface area contributed by atoms with Crippen molar-refractivity contribution >= 4 is 23.0 Å². The zero-order valence-corrected chi connectivity index (χ0v) is 20.8. The normalized spacial score (nSPS) is 11.3. The lowest BCUT2D eigenvalue weighted by molar-refractivity contribution is 0.0996. The van der Waals surface area contributed by atoms with Crippen LogP contribution in [0.4, 0.5) is 4.39 Å². The first-order valence-electron chi connectivity index (χ1n) is 11.5. The van der Waals surface area contributed by atoms with Gasteiger partial charge < -0.3 is 4.57 Å². The second-order valence-corrected chi connectivity index (χ2v) is 9.35. The van der Waals surface area contributed by atoms with Crippen LogP contribution in [0.1, 0.15) is 21.2 Å². The molecule has 0 radical (unpaired) electrons. The average molecular weight is 510 g/mol. The summed E-state index contributed by atoms with van der Waals surface area (Å²) in [4.78, 5) is 22.9. The van der Waals surface area contributed by atoms with Crippen molar-refractivity contribution in [1.82, 2.24) is 33.7 Å². The summed E-state index contributed by atoms with van der Waals surface area (Å²) < 4.78 is 21.1. The third kappa shape index (κ3) is 4.21. The summed E-state index contributed by atoms with van der Waals surface area (Å²) in [5, 5.41) is 8.93. The largest absolute Gasteiger partial charge is 0.330 e. The van der Waals surface area contributed by atoms with Gasteiger partial charge in [-0.1, -0.05) is 34.8 Å². The molecule has 37 heavy (non-hydrogen) atoms. The van der Waals surface area contributed by atoms with E-state index in [0.717, 1.165) is 34.2 Å². The van der Waals surface area contributed by atoms with Gasteiger partial charge in [-0.2, -0.15) is 5.10 Å². The van der Waals surface area contributed by atoms with Crippen molar-refractivity contribution in [2.45, 2.75) is 13.3 Å². The van der Waals surface area contributed by atoms with Crippen LogP contribution >= 0.6 is 11.5 Å². The van der Waals surface area contributed by atoms with Gasteiger partial charge in [0.15, 0.2) is 11.4 Å². The highest BCUT2D eigenvalue weighted by Crippen LogP contribution is 2.31. The molecule has 2 aromatic carbocycles. The topological polar surface area (TPSA) is 90.9 Å². The molecule has 10 heteroatoms. The molecule has 0 fully saturated rings. The fourth-order valence-corrected chi connectivity index (χ4v) is 4.88. The number of imidazole rings is 2. The molecule has 0 atom stereocenters. The number of Topliss-reactive ketones (excluding diaryl/α,β-unsaturated/α-hetero) is 1. The zero-order chi connectivity index (χ0) is 25.5. The highest BCUT2D eigenvalue weighted by atomic mass is 32.1. The van der Waals surface area contributed by atoms with Gasteiger partial charge in [-0.15, -0.1) is 5.10 Å². The number of rotatable bonds is 6. The lowest BCUT2D eigenvalue weighted by Crippen LogP contribution is -2.03. The van der Waals surface area contributed by atoms with E-state index in [1.54, 1.807) is 22.8 Å². The van der Waals surface area contributed by atoms with Crippen LogP contribution in [0, 0.1) is 12.7 Å². The fourth-order valence-electron chi connectivity index (χ4n) is 4.26. The number of halogens is 1. The third-order valence-electron chi connectivity index (χ3n) is 6.18. The summed E-state index contributed by atoms with van der Waals surface area (Å²) in [5.74, 6) is 0.404. The minimum Gasteiger partial charge on any atom is -0.330 e. The van der Waals surface area contributed by atoms with E-state index in [9.17, 15) is 9.18 Å². The number of carbonyl (C=O) groups is 1. The van der Waals surface area contributed by atoms with Crippen molar-refractivity contribution in [3.8, 4) is 33.9 Å². The van der Waals surface area contributed by atoms with Gasteiger partial charge in [-0.25, -0.2) is 18.9 Å². The van der Waals surface area contributed by atoms with Gasteiger partial charge in [0.2, 0.25) is 0 Å². The Morgan fingerprint density at radius 2 is 1.70 bits per heavy atom. The molecule has 6 aromatic rings. The Bertz CT molecular complexity index is 1750. The second kappa shape index (κ2) is 9.14. The first-order chi connectivity index (χ1) is 18.0. The number of hydrogen-bond donors (Lipinski definition) is 0. The number of carbonyl (C=O) groups excluding carboxylic acids is 1. The maximum atomic E-state index is 13.5. The molecule has 4 aromatic heterocycles. The van der Waals surface area contributed by atoms with E-state index in [1.165, 1.54) is 12.1 Å². The summed E-state index contributed by atoms with van der Waals surface area (Å²) in [6.07, 6.45) is 1.86. The molecule has 0 saturated carbocycles. The highest BCUT2D eigenvalue weighted by Gasteiger charge is 2.21.